The summed E-state index contributed by atoms with van der Waals surface area (Å²) in [6.07, 6.45) is 2.70. The fourth-order valence-electron chi connectivity index (χ4n) is 6.88. The molecule has 0 saturated carbocycles. The van der Waals surface area contributed by atoms with Gasteiger partial charge in [-0.1, -0.05) is 31.2 Å². The highest BCUT2D eigenvalue weighted by Gasteiger charge is 2.32. The van der Waals surface area contributed by atoms with Crippen LogP contribution in [0.3, 0.4) is 0 Å². The van der Waals surface area contributed by atoms with E-state index in [0.717, 1.165) is 63.1 Å². The lowest BCUT2D eigenvalue weighted by molar-refractivity contribution is -0.274. The average Bonchev–Trinajstić information content (AvgIpc) is 3.79. The molecular weight excluding hydrogens is 750 g/mol. The number of likely N-dealkylation sites (tertiary alicyclic amines) is 2. The second-order valence-electron chi connectivity index (χ2n) is 13.9. The topological polar surface area (TPSA) is 129 Å². The number of nitrogens with zero attached hydrogens (tertiary/aromatic N) is 8. The quantitative estimate of drug-likeness (QED) is 0.161. The summed E-state index contributed by atoms with van der Waals surface area (Å²) < 4.78 is 81.7. The molecular formula is C39H43F3N8O5S. The molecule has 0 amide bonds. The van der Waals surface area contributed by atoms with Crippen molar-refractivity contribution >= 4 is 21.1 Å². The van der Waals surface area contributed by atoms with E-state index in [1.165, 1.54) is 28.9 Å². The molecule has 2 unspecified atom stereocenters. The van der Waals surface area contributed by atoms with Crippen LogP contribution in [0.5, 0.6) is 17.5 Å². The monoisotopic (exact) mass is 792 g/mol. The third-order valence-corrected chi connectivity index (χ3v) is 11.4. The molecule has 13 nitrogen and oxygen atoms in total. The Bertz CT molecular complexity index is 2390. The number of piperidine rings is 2. The van der Waals surface area contributed by atoms with Crippen LogP contribution in [0.1, 0.15) is 32.6 Å². The zero-order chi connectivity index (χ0) is 39.5. The number of rotatable bonds is 9. The molecule has 296 valence electrons. The molecule has 17 heteroatoms. The molecule has 6 aromatic rings. The van der Waals surface area contributed by atoms with Crippen molar-refractivity contribution in [3.63, 3.8) is 0 Å². The zero-order valence-electron chi connectivity index (χ0n) is 31.3. The Labute approximate surface area is 322 Å². The average molecular weight is 793 g/mol. The third-order valence-electron chi connectivity index (χ3n) is 9.69. The van der Waals surface area contributed by atoms with Crippen LogP contribution >= 0.6 is 0 Å². The molecule has 2 aliphatic heterocycles. The van der Waals surface area contributed by atoms with E-state index in [1.807, 2.05) is 19.2 Å². The number of aromatic nitrogens is 6. The van der Waals surface area contributed by atoms with Crippen molar-refractivity contribution in [2.45, 2.75) is 56.1 Å². The molecule has 0 spiro atoms. The van der Waals surface area contributed by atoms with Crippen LogP contribution in [-0.4, -0.2) is 112 Å². The van der Waals surface area contributed by atoms with E-state index in [-0.39, 0.29) is 29.3 Å². The first-order chi connectivity index (χ1) is 26.8. The molecule has 0 N–H and O–H groups in total. The number of hydrogen-bond donors (Lipinski definition) is 0. The van der Waals surface area contributed by atoms with Crippen LogP contribution < -0.4 is 14.2 Å². The minimum absolute atomic E-state index is 0.0246. The maximum atomic E-state index is 12.7. The van der Waals surface area contributed by atoms with Gasteiger partial charge in [0.2, 0.25) is 11.8 Å². The minimum atomic E-state index is -4.79. The molecule has 0 bridgehead atoms. The van der Waals surface area contributed by atoms with E-state index < -0.39 is 16.2 Å². The van der Waals surface area contributed by atoms with Crippen molar-refractivity contribution in [1.29, 1.82) is 0 Å². The number of hydrogen-bond acceptors (Lipinski definition) is 11. The Morgan fingerprint density at radius 1 is 0.732 bits per heavy atom. The van der Waals surface area contributed by atoms with Gasteiger partial charge in [0.05, 0.1) is 34.4 Å². The largest absolute Gasteiger partial charge is 0.573 e. The highest BCUT2D eigenvalue weighted by Crippen LogP contribution is 2.34. The van der Waals surface area contributed by atoms with Gasteiger partial charge in [0.1, 0.15) is 18.0 Å². The summed E-state index contributed by atoms with van der Waals surface area (Å²) in [4.78, 5) is 13.4. The molecule has 2 aliphatic rings. The van der Waals surface area contributed by atoms with Gasteiger partial charge in [0.25, 0.3) is 0 Å². The summed E-state index contributed by atoms with van der Waals surface area (Å²) in [7, 11) is 0.923. The molecule has 0 radical (unpaired) electrons. The molecule has 2 fully saturated rings. The smallest absolute Gasteiger partial charge is 0.472 e. The summed E-state index contributed by atoms with van der Waals surface area (Å²) in [5, 5.41) is 9.06. The van der Waals surface area contributed by atoms with E-state index in [4.69, 9.17) is 9.47 Å². The fourth-order valence-corrected chi connectivity index (χ4v) is 7.77. The number of benzene rings is 2. The Kier molecular flexibility index (Phi) is 11.5. The first kappa shape index (κ1) is 39.0. The van der Waals surface area contributed by atoms with Crippen LogP contribution in [0.15, 0.2) is 90.1 Å². The van der Waals surface area contributed by atoms with Gasteiger partial charge in [-0.25, -0.2) is 27.4 Å². The van der Waals surface area contributed by atoms with Gasteiger partial charge in [-0.2, -0.15) is 0 Å². The third kappa shape index (κ3) is 9.22. The van der Waals surface area contributed by atoms with E-state index in [1.54, 1.807) is 60.1 Å². The van der Waals surface area contributed by atoms with Crippen molar-refractivity contribution in [3.8, 4) is 40.0 Å². The summed E-state index contributed by atoms with van der Waals surface area (Å²) >= 11 is 0. The second-order valence-corrected chi connectivity index (χ2v) is 16.2. The maximum absolute atomic E-state index is 12.7. The van der Waals surface area contributed by atoms with E-state index in [0.29, 0.717) is 33.6 Å². The number of likely N-dealkylation sites (N-methyl/N-ethyl adjacent to an activating group) is 2. The second kappa shape index (κ2) is 16.5. The maximum Gasteiger partial charge on any atom is 0.573 e. The number of sulfone groups is 1. The van der Waals surface area contributed by atoms with Crippen molar-refractivity contribution in [1.82, 2.24) is 39.0 Å². The predicted molar refractivity (Wildman–Crippen MR) is 204 cm³/mol. The van der Waals surface area contributed by atoms with Gasteiger partial charge in [0, 0.05) is 36.3 Å². The number of ether oxygens (including phenoxy) is 3. The van der Waals surface area contributed by atoms with Crippen LogP contribution in [0.25, 0.3) is 33.8 Å². The first-order valence-electron chi connectivity index (χ1n) is 18.4. The van der Waals surface area contributed by atoms with Gasteiger partial charge in [-0.15, -0.1) is 23.4 Å². The van der Waals surface area contributed by atoms with Gasteiger partial charge in [-0.05, 0) is 89.3 Å². The molecule has 2 saturated heterocycles. The van der Waals surface area contributed by atoms with Crippen LogP contribution in [-0.2, 0) is 9.84 Å². The van der Waals surface area contributed by atoms with Crippen LogP contribution in [0.2, 0.25) is 0 Å². The first-order valence-corrected chi connectivity index (χ1v) is 20.1. The van der Waals surface area contributed by atoms with E-state index >= 15 is 0 Å². The van der Waals surface area contributed by atoms with Crippen LogP contribution in [0.4, 0.5) is 13.2 Å². The lowest BCUT2D eigenvalue weighted by Crippen LogP contribution is -2.38. The van der Waals surface area contributed by atoms with Gasteiger partial charge >= 0.3 is 6.36 Å². The molecule has 6 heterocycles. The highest BCUT2D eigenvalue weighted by molar-refractivity contribution is 7.91. The summed E-state index contributed by atoms with van der Waals surface area (Å²) in [5.41, 5.74) is 3.50. The normalized spacial score (nSPS) is 18.4. The zero-order valence-corrected chi connectivity index (χ0v) is 32.1. The lowest BCUT2D eigenvalue weighted by Gasteiger charge is -2.29. The van der Waals surface area contributed by atoms with E-state index in [9.17, 15) is 21.6 Å². The van der Waals surface area contributed by atoms with Crippen molar-refractivity contribution in [2.24, 2.45) is 0 Å². The summed E-state index contributed by atoms with van der Waals surface area (Å²) in [6, 6.07) is 19.9. The number of fused-ring (bicyclic) bond motifs is 2. The SMILES string of the molecule is CCS(=O)(=O)c1ccc(-c2cnc3ccc(OC4CCCN(C)C4)nn23)cc1.CN1CCCC(Oc2ccc3ncc(-c4ccccc4OC(F)(F)F)n3n2)C1. The number of halogens is 3. The van der Waals surface area contributed by atoms with Crippen molar-refractivity contribution < 1.29 is 35.8 Å². The molecule has 2 aromatic carbocycles. The van der Waals surface area contributed by atoms with Crippen LogP contribution in [0, 0.1) is 0 Å². The number of alkyl halides is 3. The number of para-hydroxylation sites is 1. The minimum Gasteiger partial charge on any atom is -0.472 e. The Morgan fingerprint density at radius 3 is 1.80 bits per heavy atom. The standard InChI is InChI=1S/C20H24N4O3S.C19H19F3N4O2/c1-3-28(25,26)17-8-6-15(7-9-17)18-13-21-19-10-11-20(22-24(18)19)27-16-5-4-12-23(2)14-16;1-25-10-4-5-13(12-25)27-18-9-8-17-23-11-15(26(17)24-18)14-6-2-3-7-16(14)28-19(20,21)22/h6-11,13,16H,3-5,12,14H2,1-2H3;2-3,6-9,11,13H,4-5,10,12H2,1H3. The Balaban J connectivity index is 0.000000172. The van der Waals surface area contributed by atoms with Crippen molar-refractivity contribution in [3.05, 3.63) is 85.2 Å². The van der Waals surface area contributed by atoms with Gasteiger partial charge < -0.3 is 24.0 Å². The van der Waals surface area contributed by atoms with Crippen molar-refractivity contribution in [2.75, 3.05) is 46.0 Å². The molecule has 2 atom stereocenters. The molecule has 0 aliphatic carbocycles. The molecule has 8 rings (SSSR count). The number of imidazole rings is 2. The highest BCUT2D eigenvalue weighted by atomic mass is 32.2. The van der Waals surface area contributed by atoms with Gasteiger partial charge in [0.15, 0.2) is 21.1 Å². The van der Waals surface area contributed by atoms with Gasteiger partial charge in [-0.3, -0.25) is 0 Å². The molecule has 4 aromatic heterocycles. The fraction of sp³-hybridized carbons (Fsp3) is 0.385. The Hall–Kier alpha value is -5.26. The summed E-state index contributed by atoms with van der Waals surface area (Å²) in [6.45, 7) is 5.47. The molecule has 56 heavy (non-hydrogen) atoms. The lowest BCUT2D eigenvalue weighted by atomic mass is 10.1. The van der Waals surface area contributed by atoms with E-state index in [2.05, 4.69) is 41.7 Å². The summed E-state index contributed by atoms with van der Waals surface area (Å²) in [5.74, 6) is 0.748. The Morgan fingerprint density at radius 2 is 1.27 bits per heavy atom. The predicted octanol–water partition coefficient (Wildman–Crippen LogP) is 6.43.